The third-order valence-electron chi connectivity index (χ3n) is 3.50. The van der Waals surface area contributed by atoms with Crippen molar-refractivity contribution in [2.24, 2.45) is 17.6 Å². The molecule has 1 fully saturated rings. The smallest absolute Gasteiger partial charge is 0.152 e. The van der Waals surface area contributed by atoms with Crippen LogP contribution >= 0.6 is 0 Å². The van der Waals surface area contributed by atoms with Gasteiger partial charge in [0.2, 0.25) is 0 Å². The van der Waals surface area contributed by atoms with E-state index in [0.29, 0.717) is 5.92 Å². The molecular weight excluding hydrogens is 234 g/mol. The van der Waals surface area contributed by atoms with Crippen LogP contribution in [0.1, 0.15) is 86.5 Å². The van der Waals surface area contributed by atoms with Crippen LogP contribution in [0.15, 0.2) is 0 Å². The van der Waals surface area contributed by atoms with Crippen molar-refractivity contribution in [1.82, 2.24) is 0 Å². The van der Waals surface area contributed by atoms with Crippen LogP contribution in [0, 0.1) is 11.8 Å². The minimum atomic E-state index is -0.215. The Morgan fingerprint density at radius 2 is 1.42 bits per heavy atom. The monoisotopic (exact) mass is 271 g/mol. The van der Waals surface area contributed by atoms with Gasteiger partial charge in [0.05, 0.1) is 6.04 Å². The molecule has 0 aromatic heterocycles. The van der Waals surface area contributed by atoms with Gasteiger partial charge in [0, 0.05) is 5.92 Å². The van der Waals surface area contributed by atoms with Crippen LogP contribution in [0.3, 0.4) is 0 Å². The van der Waals surface area contributed by atoms with Gasteiger partial charge in [-0.15, -0.1) is 0 Å². The first kappa shape index (κ1) is 20.9. The average Bonchev–Trinajstić information content (AvgIpc) is 2.71. The lowest BCUT2D eigenvalue weighted by atomic mass is 9.89. The van der Waals surface area contributed by atoms with Crippen molar-refractivity contribution in [3.63, 3.8) is 0 Å². The maximum Gasteiger partial charge on any atom is 0.152 e. The normalized spacial score (nSPS) is 17.5. The molecule has 1 rings (SSSR count). The third kappa shape index (κ3) is 10.1. The number of Topliss-reactive ketones (excluding diaryl/α,β-unsaturated/α-hetero) is 1. The molecule has 1 aliphatic carbocycles. The maximum atomic E-state index is 11.7. The summed E-state index contributed by atoms with van der Waals surface area (Å²) in [5, 5.41) is 0. The summed E-state index contributed by atoms with van der Waals surface area (Å²) in [4.78, 5) is 11.7. The van der Waals surface area contributed by atoms with Crippen molar-refractivity contribution in [3.05, 3.63) is 0 Å². The van der Waals surface area contributed by atoms with Crippen LogP contribution < -0.4 is 5.73 Å². The summed E-state index contributed by atoms with van der Waals surface area (Å²) in [5.74, 6) is 1.02. The van der Waals surface area contributed by atoms with Crippen molar-refractivity contribution in [2.75, 3.05) is 0 Å². The van der Waals surface area contributed by atoms with E-state index in [4.69, 9.17) is 5.73 Å². The molecule has 0 radical (unpaired) electrons. The molecule has 0 bridgehead atoms. The van der Waals surface area contributed by atoms with E-state index in [2.05, 4.69) is 0 Å². The lowest BCUT2D eigenvalue weighted by Gasteiger charge is -2.19. The SMILES string of the molecule is CC.CC.CC(C)C(=O)C(N)CC1CCCCCC1. The minimum absolute atomic E-state index is 0.0887. The van der Waals surface area contributed by atoms with Crippen molar-refractivity contribution in [1.29, 1.82) is 0 Å². The number of carbonyl (C=O) groups is 1. The molecule has 0 heterocycles. The summed E-state index contributed by atoms with van der Waals surface area (Å²) >= 11 is 0. The molecule has 2 nitrogen and oxygen atoms in total. The second-order valence-corrected chi connectivity index (χ2v) is 5.26. The van der Waals surface area contributed by atoms with Gasteiger partial charge in [0.15, 0.2) is 5.78 Å². The van der Waals surface area contributed by atoms with Gasteiger partial charge in [-0.3, -0.25) is 4.79 Å². The number of ketones is 1. The lowest BCUT2D eigenvalue weighted by Crippen LogP contribution is -2.35. The zero-order chi connectivity index (χ0) is 15.3. The Morgan fingerprint density at radius 1 is 1.00 bits per heavy atom. The van der Waals surface area contributed by atoms with Crippen molar-refractivity contribution >= 4 is 5.78 Å². The van der Waals surface area contributed by atoms with Crippen molar-refractivity contribution in [3.8, 4) is 0 Å². The number of hydrogen-bond donors (Lipinski definition) is 1. The minimum Gasteiger partial charge on any atom is -0.321 e. The Labute approximate surface area is 121 Å². The van der Waals surface area contributed by atoms with Gasteiger partial charge in [0.25, 0.3) is 0 Å². The van der Waals surface area contributed by atoms with E-state index in [1.54, 1.807) is 0 Å². The summed E-state index contributed by atoms with van der Waals surface area (Å²) in [5.41, 5.74) is 5.95. The first-order chi connectivity index (χ1) is 9.11. The van der Waals surface area contributed by atoms with Crippen molar-refractivity contribution < 1.29 is 4.79 Å². The van der Waals surface area contributed by atoms with E-state index in [1.165, 1.54) is 38.5 Å². The molecule has 1 atom stereocenters. The topological polar surface area (TPSA) is 43.1 Å². The van der Waals surface area contributed by atoms with E-state index < -0.39 is 0 Å². The van der Waals surface area contributed by atoms with E-state index in [-0.39, 0.29) is 17.7 Å². The molecule has 0 saturated heterocycles. The molecule has 0 aliphatic heterocycles. The fourth-order valence-corrected chi connectivity index (χ4v) is 2.50. The zero-order valence-corrected chi connectivity index (χ0v) is 14.2. The highest BCUT2D eigenvalue weighted by Gasteiger charge is 2.21. The van der Waals surface area contributed by atoms with Gasteiger partial charge in [-0.25, -0.2) is 0 Å². The quantitative estimate of drug-likeness (QED) is 0.735. The van der Waals surface area contributed by atoms with Gasteiger partial charge in [-0.2, -0.15) is 0 Å². The van der Waals surface area contributed by atoms with Crippen molar-refractivity contribution in [2.45, 2.75) is 92.5 Å². The third-order valence-corrected chi connectivity index (χ3v) is 3.50. The highest BCUT2D eigenvalue weighted by atomic mass is 16.1. The van der Waals surface area contributed by atoms with Gasteiger partial charge >= 0.3 is 0 Å². The van der Waals surface area contributed by atoms with Crippen LogP contribution in [-0.4, -0.2) is 11.8 Å². The fraction of sp³-hybridized carbons (Fsp3) is 0.941. The van der Waals surface area contributed by atoms with Crippen LogP contribution in [0.2, 0.25) is 0 Å². The van der Waals surface area contributed by atoms with Crippen LogP contribution in [0.25, 0.3) is 0 Å². The molecule has 1 aliphatic rings. The van der Waals surface area contributed by atoms with Crippen LogP contribution in [0.4, 0.5) is 0 Å². The highest BCUT2D eigenvalue weighted by molar-refractivity contribution is 5.85. The highest BCUT2D eigenvalue weighted by Crippen LogP contribution is 2.26. The number of hydrogen-bond acceptors (Lipinski definition) is 2. The predicted octanol–water partition coefficient (Wildman–Crippen LogP) is 4.95. The van der Waals surface area contributed by atoms with Gasteiger partial charge in [-0.05, 0) is 12.3 Å². The molecule has 116 valence electrons. The second-order valence-electron chi connectivity index (χ2n) is 5.26. The molecule has 2 heteroatoms. The van der Waals surface area contributed by atoms with E-state index in [1.807, 2.05) is 41.5 Å². The molecule has 1 saturated carbocycles. The summed E-state index contributed by atoms with van der Waals surface area (Å²) in [6, 6.07) is -0.215. The van der Waals surface area contributed by atoms with Gasteiger partial charge < -0.3 is 5.73 Å². The molecular formula is C17H37NO. The Morgan fingerprint density at radius 3 is 1.79 bits per heavy atom. The zero-order valence-electron chi connectivity index (χ0n) is 14.2. The molecule has 19 heavy (non-hydrogen) atoms. The maximum absolute atomic E-state index is 11.7. The fourth-order valence-electron chi connectivity index (χ4n) is 2.50. The summed E-state index contributed by atoms with van der Waals surface area (Å²) in [6.07, 6.45) is 8.85. The first-order valence-corrected chi connectivity index (χ1v) is 8.40. The first-order valence-electron chi connectivity index (χ1n) is 8.40. The number of nitrogens with two attached hydrogens (primary N) is 1. The predicted molar refractivity (Wildman–Crippen MR) is 86.3 cm³/mol. The standard InChI is InChI=1S/C13H25NO.2C2H6/c1-10(2)13(15)12(14)9-11-7-5-3-4-6-8-11;2*1-2/h10-12H,3-9,14H2,1-2H3;2*1-2H3. The summed E-state index contributed by atoms with van der Waals surface area (Å²) < 4.78 is 0. The second kappa shape index (κ2) is 14.0. The Kier molecular flexibility index (Phi) is 15.5. The molecule has 0 aromatic rings. The summed E-state index contributed by atoms with van der Waals surface area (Å²) in [7, 11) is 0. The van der Waals surface area contributed by atoms with Gasteiger partial charge in [-0.1, -0.05) is 80.1 Å². The molecule has 1 unspecified atom stereocenters. The number of rotatable bonds is 4. The summed E-state index contributed by atoms with van der Waals surface area (Å²) in [6.45, 7) is 11.9. The van der Waals surface area contributed by atoms with E-state index >= 15 is 0 Å². The Hall–Kier alpha value is -0.370. The molecule has 0 aromatic carbocycles. The Bertz CT molecular complexity index is 193. The molecule has 0 spiro atoms. The largest absolute Gasteiger partial charge is 0.321 e. The molecule has 0 amide bonds. The average molecular weight is 271 g/mol. The van der Waals surface area contributed by atoms with Crippen LogP contribution in [0.5, 0.6) is 0 Å². The Balaban J connectivity index is 0. The number of carbonyl (C=O) groups excluding carboxylic acids is 1. The van der Waals surface area contributed by atoms with E-state index in [9.17, 15) is 4.79 Å². The van der Waals surface area contributed by atoms with Gasteiger partial charge in [0.1, 0.15) is 0 Å². The molecule has 2 N–H and O–H groups in total. The van der Waals surface area contributed by atoms with Crippen LogP contribution in [-0.2, 0) is 4.79 Å². The van der Waals surface area contributed by atoms with E-state index in [0.717, 1.165) is 6.42 Å². The lowest BCUT2D eigenvalue weighted by molar-refractivity contribution is -0.123.